The van der Waals surface area contributed by atoms with Crippen molar-refractivity contribution in [2.45, 2.75) is 19.5 Å². The normalized spacial score (nSPS) is 18.4. The highest BCUT2D eigenvalue weighted by atomic mass is 32.1. The molecule has 2 atom stereocenters. The van der Waals surface area contributed by atoms with E-state index in [2.05, 4.69) is 45.4 Å². The molecule has 0 spiro atoms. The lowest BCUT2D eigenvalue weighted by Crippen LogP contribution is -2.14. The number of nitrogens with one attached hydrogen (secondary N) is 2. The number of carbonyl (C=O) groups excluding carboxylic acids is 1. The van der Waals surface area contributed by atoms with Gasteiger partial charge in [-0.3, -0.25) is 4.79 Å². The summed E-state index contributed by atoms with van der Waals surface area (Å²) in [4.78, 5) is 23.9. The molecule has 2 heterocycles. The van der Waals surface area contributed by atoms with Gasteiger partial charge in [0.1, 0.15) is 12.0 Å². The lowest BCUT2D eigenvalue weighted by molar-refractivity contribution is -0.117. The first-order chi connectivity index (χ1) is 13.6. The molecule has 1 aliphatic carbocycles. The van der Waals surface area contributed by atoms with Gasteiger partial charge in [0.25, 0.3) is 0 Å². The van der Waals surface area contributed by atoms with E-state index in [9.17, 15) is 9.18 Å². The van der Waals surface area contributed by atoms with Crippen LogP contribution in [0.1, 0.15) is 12.0 Å². The fourth-order valence-electron chi connectivity index (χ4n) is 3.28. The molecule has 1 aliphatic rings. The Bertz CT molecular complexity index is 1180. The highest BCUT2D eigenvalue weighted by Gasteiger charge is 2.43. The van der Waals surface area contributed by atoms with Crippen LogP contribution in [0.3, 0.4) is 0 Å². The summed E-state index contributed by atoms with van der Waals surface area (Å²) in [6.07, 6.45) is 2.85. The fraction of sp³-hybridized carbons (Fsp3) is 0.190. The van der Waals surface area contributed by atoms with Gasteiger partial charge in [-0.1, -0.05) is 29.5 Å². The van der Waals surface area contributed by atoms with Crippen LogP contribution < -0.4 is 5.32 Å². The Morgan fingerprint density at radius 3 is 2.82 bits per heavy atom. The van der Waals surface area contributed by atoms with Gasteiger partial charge in [-0.05, 0) is 48.2 Å². The number of nitrogens with zero attached hydrogens (tertiary/aromatic N) is 2. The van der Waals surface area contributed by atoms with Gasteiger partial charge in [0.05, 0.1) is 16.1 Å². The second-order valence-electron chi connectivity index (χ2n) is 7.02. The molecule has 1 fully saturated rings. The smallest absolute Gasteiger partial charge is 0.232 e. The van der Waals surface area contributed by atoms with Crippen molar-refractivity contribution in [3.8, 4) is 22.5 Å². The lowest BCUT2D eigenvalue weighted by atomic mass is 9.98. The van der Waals surface area contributed by atoms with Crippen molar-refractivity contribution in [2.24, 2.45) is 5.92 Å². The number of amides is 1. The second-order valence-corrected chi connectivity index (χ2v) is 8.05. The Kier molecular flexibility index (Phi) is 3.98. The molecule has 0 bridgehead atoms. The molecule has 1 saturated carbocycles. The SMILES string of the molecule is Cc1ccc(-c2ncc[nH]2)cc1-c1ccc2nc(NC(=O)[C@@H]3CC3F)sc2c1. The van der Waals surface area contributed by atoms with Gasteiger partial charge < -0.3 is 10.3 Å². The number of benzene rings is 2. The number of halogens is 1. The van der Waals surface area contributed by atoms with Crippen molar-refractivity contribution < 1.29 is 9.18 Å². The van der Waals surface area contributed by atoms with Crippen LogP contribution >= 0.6 is 11.3 Å². The Hall–Kier alpha value is -3.06. The minimum Gasteiger partial charge on any atom is -0.345 e. The van der Waals surface area contributed by atoms with Gasteiger partial charge in [-0.15, -0.1) is 0 Å². The van der Waals surface area contributed by atoms with Gasteiger partial charge in [-0.2, -0.15) is 0 Å². The summed E-state index contributed by atoms with van der Waals surface area (Å²) in [6.45, 7) is 2.08. The minimum absolute atomic E-state index is 0.284. The molecule has 2 N–H and O–H groups in total. The van der Waals surface area contributed by atoms with Gasteiger partial charge in [0.15, 0.2) is 5.13 Å². The number of alkyl halides is 1. The maximum Gasteiger partial charge on any atom is 0.232 e. The zero-order valence-electron chi connectivity index (χ0n) is 15.1. The third-order valence-corrected chi connectivity index (χ3v) is 5.92. The number of aromatic amines is 1. The Morgan fingerprint density at radius 2 is 2.07 bits per heavy atom. The summed E-state index contributed by atoms with van der Waals surface area (Å²) < 4.78 is 14.0. The van der Waals surface area contributed by atoms with Gasteiger partial charge in [0, 0.05) is 18.0 Å². The van der Waals surface area contributed by atoms with E-state index in [0.717, 1.165) is 38.3 Å². The van der Waals surface area contributed by atoms with Crippen LogP contribution in [0.15, 0.2) is 48.8 Å². The average molecular weight is 392 g/mol. The van der Waals surface area contributed by atoms with Crippen molar-refractivity contribution in [1.82, 2.24) is 15.0 Å². The number of thiazole rings is 1. The molecule has 0 aliphatic heterocycles. The van der Waals surface area contributed by atoms with Crippen molar-refractivity contribution in [3.63, 3.8) is 0 Å². The predicted molar refractivity (Wildman–Crippen MR) is 109 cm³/mol. The third-order valence-electron chi connectivity index (χ3n) is 4.99. The second kappa shape index (κ2) is 6.53. The van der Waals surface area contributed by atoms with Gasteiger partial charge in [-0.25, -0.2) is 14.4 Å². The first-order valence-electron chi connectivity index (χ1n) is 9.05. The molecular formula is C21H17FN4OS. The van der Waals surface area contributed by atoms with Crippen LogP contribution in [0.2, 0.25) is 0 Å². The van der Waals surface area contributed by atoms with Crippen LogP contribution in [-0.2, 0) is 4.79 Å². The Morgan fingerprint density at radius 1 is 1.25 bits per heavy atom. The number of anilines is 1. The quantitative estimate of drug-likeness (QED) is 0.516. The Labute approximate surface area is 164 Å². The molecule has 2 aromatic heterocycles. The van der Waals surface area contributed by atoms with Crippen molar-refractivity contribution >= 4 is 32.6 Å². The molecule has 5 nitrogen and oxygen atoms in total. The van der Waals surface area contributed by atoms with Gasteiger partial charge in [0.2, 0.25) is 5.91 Å². The third kappa shape index (κ3) is 3.07. The summed E-state index contributed by atoms with van der Waals surface area (Å²) in [5.74, 6) is 0.0275. The number of carbonyl (C=O) groups is 1. The molecule has 0 radical (unpaired) electrons. The largest absolute Gasteiger partial charge is 0.345 e. The van der Waals surface area contributed by atoms with Crippen LogP contribution in [0.4, 0.5) is 9.52 Å². The maximum absolute atomic E-state index is 13.1. The summed E-state index contributed by atoms with van der Waals surface area (Å²) in [5, 5.41) is 3.25. The first kappa shape index (κ1) is 17.1. The summed E-state index contributed by atoms with van der Waals surface area (Å²) in [6, 6.07) is 12.3. The molecule has 1 amide bonds. The number of fused-ring (bicyclic) bond motifs is 1. The van der Waals surface area contributed by atoms with E-state index < -0.39 is 12.1 Å². The summed E-state index contributed by atoms with van der Waals surface area (Å²) in [5.41, 5.74) is 5.19. The van der Waals surface area contributed by atoms with E-state index in [0.29, 0.717) is 11.6 Å². The predicted octanol–water partition coefficient (Wildman–Crippen LogP) is 4.96. The summed E-state index contributed by atoms with van der Waals surface area (Å²) in [7, 11) is 0. The fourth-order valence-corrected chi connectivity index (χ4v) is 4.19. The van der Waals surface area contributed by atoms with Crippen molar-refractivity contribution in [1.29, 1.82) is 0 Å². The minimum atomic E-state index is -1.01. The highest BCUT2D eigenvalue weighted by molar-refractivity contribution is 7.22. The van der Waals surface area contributed by atoms with E-state index in [-0.39, 0.29) is 5.91 Å². The number of aryl methyl sites for hydroxylation is 1. The van der Waals surface area contributed by atoms with Crippen LogP contribution in [0, 0.1) is 12.8 Å². The molecule has 4 aromatic rings. The van der Waals surface area contributed by atoms with Crippen LogP contribution in [-0.4, -0.2) is 27.0 Å². The van der Waals surface area contributed by atoms with Crippen LogP contribution in [0.5, 0.6) is 0 Å². The number of hydrogen-bond acceptors (Lipinski definition) is 4. The molecular weight excluding hydrogens is 375 g/mol. The number of H-pyrrole nitrogens is 1. The van der Waals surface area contributed by atoms with E-state index in [1.165, 1.54) is 11.3 Å². The van der Waals surface area contributed by atoms with Crippen molar-refractivity contribution in [2.75, 3.05) is 5.32 Å². The molecule has 0 saturated heterocycles. The summed E-state index contributed by atoms with van der Waals surface area (Å²) >= 11 is 1.40. The van der Waals surface area contributed by atoms with E-state index >= 15 is 0 Å². The molecule has 5 rings (SSSR count). The van der Waals surface area contributed by atoms with E-state index in [1.54, 1.807) is 12.4 Å². The first-order valence-corrected chi connectivity index (χ1v) is 9.86. The number of imidazole rings is 1. The Balaban J connectivity index is 1.48. The number of rotatable bonds is 4. The lowest BCUT2D eigenvalue weighted by Gasteiger charge is -2.08. The molecule has 140 valence electrons. The van der Waals surface area contributed by atoms with Crippen molar-refractivity contribution in [3.05, 3.63) is 54.4 Å². The monoisotopic (exact) mass is 392 g/mol. The van der Waals surface area contributed by atoms with E-state index in [4.69, 9.17) is 0 Å². The molecule has 1 unspecified atom stereocenters. The number of hydrogen-bond donors (Lipinski definition) is 2. The zero-order chi connectivity index (χ0) is 19.3. The standard InChI is InChI=1S/C21H17FN4OS/c1-11-2-3-13(19-23-6-7-24-19)8-14(11)12-4-5-17-18(9-12)28-21(25-17)26-20(27)15-10-16(15)22/h2-9,15-16H,10H2,1H3,(H,23,24)(H,25,26,27)/t15-,16?/m1/s1. The zero-order valence-corrected chi connectivity index (χ0v) is 15.9. The maximum atomic E-state index is 13.1. The molecule has 7 heteroatoms. The molecule has 28 heavy (non-hydrogen) atoms. The highest BCUT2D eigenvalue weighted by Crippen LogP contribution is 2.37. The number of aromatic nitrogens is 3. The topological polar surface area (TPSA) is 70.7 Å². The van der Waals surface area contributed by atoms with Crippen LogP contribution in [0.25, 0.3) is 32.7 Å². The average Bonchev–Trinajstić information content (AvgIpc) is 3.09. The van der Waals surface area contributed by atoms with Gasteiger partial charge >= 0.3 is 0 Å². The molecule has 2 aromatic carbocycles. The van der Waals surface area contributed by atoms with E-state index in [1.807, 2.05) is 18.2 Å².